The Morgan fingerprint density at radius 1 is 1.17 bits per heavy atom. The van der Waals surface area contributed by atoms with Gasteiger partial charge < -0.3 is 5.32 Å². The van der Waals surface area contributed by atoms with Crippen LogP contribution in [0, 0.1) is 11.3 Å². The molecule has 3 rings (SSSR count). The fourth-order valence-corrected chi connectivity index (χ4v) is 3.07. The number of anilines is 1. The molecule has 1 heterocycles. The van der Waals surface area contributed by atoms with Crippen molar-refractivity contribution in [3.05, 3.63) is 83.7 Å². The van der Waals surface area contributed by atoms with Crippen LogP contribution in [-0.2, 0) is 21.4 Å². The molecule has 0 atom stereocenters. The molecule has 2 aromatic carbocycles. The van der Waals surface area contributed by atoms with Crippen molar-refractivity contribution in [1.82, 2.24) is 9.78 Å². The highest BCUT2D eigenvalue weighted by atomic mass is 32.2. The standard InChI is InChI=1S/C20H17N5O3S/c21-11-17(20(26)24-18-6-8-19(9-7-18)29(22,27)28)10-16-12-23-25(14-16)13-15-4-2-1-3-5-15/h1-10,12,14H,13H2,(H,24,26)(H2,22,27,28)/b17-10+. The van der Waals surface area contributed by atoms with Crippen molar-refractivity contribution in [2.45, 2.75) is 11.4 Å². The number of hydrogen-bond donors (Lipinski definition) is 2. The number of sulfonamides is 1. The average molecular weight is 407 g/mol. The van der Waals surface area contributed by atoms with E-state index in [1.165, 1.54) is 30.3 Å². The number of nitrogens with two attached hydrogens (primary N) is 1. The fraction of sp³-hybridized carbons (Fsp3) is 0.0500. The molecule has 29 heavy (non-hydrogen) atoms. The summed E-state index contributed by atoms with van der Waals surface area (Å²) >= 11 is 0. The molecule has 0 aliphatic carbocycles. The molecule has 8 nitrogen and oxygen atoms in total. The molecule has 0 spiro atoms. The molecule has 3 N–H and O–H groups in total. The summed E-state index contributed by atoms with van der Waals surface area (Å²) in [5, 5.41) is 21.1. The van der Waals surface area contributed by atoms with Crippen molar-refractivity contribution in [1.29, 1.82) is 5.26 Å². The molecule has 0 saturated carbocycles. The van der Waals surface area contributed by atoms with Crippen molar-refractivity contribution in [2.75, 3.05) is 5.32 Å². The van der Waals surface area contributed by atoms with Crippen molar-refractivity contribution in [3.63, 3.8) is 0 Å². The van der Waals surface area contributed by atoms with Gasteiger partial charge in [0.25, 0.3) is 5.91 Å². The lowest BCUT2D eigenvalue weighted by Gasteiger charge is -2.05. The van der Waals surface area contributed by atoms with E-state index in [9.17, 15) is 18.5 Å². The highest BCUT2D eigenvalue weighted by Crippen LogP contribution is 2.15. The zero-order valence-corrected chi connectivity index (χ0v) is 16.0. The third kappa shape index (κ3) is 5.38. The number of nitrogens with one attached hydrogen (secondary N) is 1. The first-order valence-electron chi connectivity index (χ1n) is 8.47. The minimum Gasteiger partial charge on any atom is -0.321 e. The van der Waals surface area contributed by atoms with Gasteiger partial charge >= 0.3 is 0 Å². The Hall–Kier alpha value is -3.74. The van der Waals surface area contributed by atoms with Gasteiger partial charge in [0.05, 0.1) is 17.6 Å². The van der Waals surface area contributed by atoms with Gasteiger partial charge in [-0.1, -0.05) is 30.3 Å². The molecule has 0 aliphatic rings. The molecule has 0 radical (unpaired) electrons. The highest BCUT2D eigenvalue weighted by molar-refractivity contribution is 7.89. The van der Waals surface area contributed by atoms with Crippen LogP contribution in [0.2, 0.25) is 0 Å². The summed E-state index contributed by atoms with van der Waals surface area (Å²) in [4.78, 5) is 12.3. The number of amides is 1. The summed E-state index contributed by atoms with van der Waals surface area (Å²) in [7, 11) is -3.82. The first-order chi connectivity index (χ1) is 13.8. The topological polar surface area (TPSA) is 131 Å². The molecule has 1 amide bonds. The predicted octanol–water partition coefficient (Wildman–Crippen LogP) is 2.12. The summed E-state index contributed by atoms with van der Waals surface area (Å²) in [6, 6.07) is 17.0. The van der Waals surface area contributed by atoms with Crippen LogP contribution in [0.5, 0.6) is 0 Å². The van der Waals surface area contributed by atoms with Gasteiger partial charge in [-0.05, 0) is 35.9 Å². The zero-order chi connectivity index (χ0) is 20.9. The van der Waals surface area contributed by atoms with Crippen LogP contribution in [0.3, 0.4) is 0 Å². The lowest BCUT2D eigenvalue weighted by atomic mass is 10.2. The third-order valence-electron chi connectivity index (χ3n) is 3.96. The van der Waals surface area contributed by atoms with E-state index >= 15 is 0 Å². The Labute approximate surface area is 167 Å². The number of aromatic nitrogens is 2. The second kappa shape index (κ2) is 8.52. The van der Waals surface area contributed by atoms with Crippen LogP contribution in [0.15, 0.2) is 77.5 Å². The largest absolute Gasteiger partial charge is 0.321 e. The second-order valence-corrected chi connectivity index (χ2v) is 7.71. The van der Waals surface area contributed by atoms with E-state index in [4.69, 9.17) is 5.14 Å². The quantitative estimate of drug-likeness (QED) is 0.477. The third-order valence-corrected chi connectivity index (χ3v) is 4.89. The Kier molecular flexibility index (Phi) is 5.87. The molecule has 1 aromatic heterocycles. The van der Waals surface area contributed by atoms with Gasteiger partial charge in [-0.25, -0.2) is 13.6 Å². The fourth-order valence-electron chi connectivity index (χ4n) is 2.55. The number of nitriles is 1. The van der Waals surface area contributed by atoms with E-state index in [0.29, 0.717) is 17.8 Å². The van der Waals surface area contributed by atoms with Crippen molar-refractivity contribution >= 4 is 27.7 Å². The number of nitrogens with zero attached hydrogens (tertiary/aromatic N) is 3. The summed E-state index contributed by atoms with van der Waals surface area (Å²) < 4.78 is 24.3. The number of carbonyl (C=O) groups excluding carboxylic acids is 1. The van der Waals surface area contributed by atoms with Gasteiger partial charge in [0, 0.05) is 17.4 Å². The lowest BCUT2D eigenvalue weighted by molar-refractivity contribution is -0.112. The molecule has 146 valence electrons. The van der Waals surface area contributed by atoms with Crippen molar-refractivity contribution in [3.8, 4) is 6.07 Å². The van der Waals surface area contributed by atoms with Gasteiger partial charge in [0.1, 0.15) is 11.6 Å². The van der Waals surface area contributed by atoms with Gasteiger partial charge in [-0.3, -0.25) is 9.48 Å². The number of primary sulfonamides is 1. The van der Waals surface area contributed by atoms with E-state index in [0.717, 1.165) is 5.56 Å². The molecule has 0 bridgehead atoms. The minimum atomic E-state index is -3.82. The smallest absolute Gasteiger partial charge is 0.266 e. The Morgan fingerprint density at radius 2 is 1.86 bits per heavy atom. The van der Waals surface area contributed by atoms with E-state index in [1.54, 1.807) is 17.1 Å². The zero-order valence-electron chi connectivity index (χ0n) is 15.2. The summed E-state index contributed by atoms with van der Waals surface area (Å²) in [5.41, 5.74) is 1.91. The molecule has 9 heteroatoms. The van der Waals surface area contributed by atoms with Crippen molar-refractivity contribution in [2.24, 2.45) is 5.14 Å². The Bertz CT molecular complexity index is 1190. The number of rotatable bonds is 6. The van der Waals surface area contributed by atoms with E-state index in [2.05, 4.69) is 10.4 Å². The number of hydrogen-bond acceptors (Lipinski definition) is 5. The first kappa shape index (κ1) is 20.0. The molecular weight excluding hydrogens is 390 g/mol. The molecule has 0 aliphatic heterocycles. The summed E-state index contributed by atoms with van der Waals surface area (Å²) in [6.07, 6.45) is 4.73. The van der Waals surface area contributed by atoms with Crippen molar-refractivity contribution < 1.29 is 13.2 Å². The van der Waals surface area contributed by atoms with E-state index < -0.39 is 15.9 Å². The minimum absolute atomic E-state index is 0.0719. The molecule has 0 unspecified atom stereocenters. The monoisotopic (exact) mass is 407 g/mol. The van der Waals surface area contributed by atoms with Crippen LogP contribution in [0.25, 0.3) is 6.08 Å². The SMILES string of the molecule is N#C/C(=C\c1cnn(Cc2ccccc2)c1)C(=O)Nc1ccc(S(N)(=O)=O)cc1. The Balaban J connectivity index is 1.71. The van der Waals surface area contributed by atoms with Crippen LogP contribution in [-0.4, -0.2) is 24.1 Å². The maximum atomic E-state index is 12.4. The number of benzene rings is 2. The predicted molar refractivity (Wildman–Crippen MR) is 108 cm³/mol. The Morgan fingerprint density at radius 3 is 2.48 bits per heavy atom. The van der Waals surface area contributed by atoms with Gasteiger partial charge in [-0.2, -0.15) is 10.4 Å². The molecule has 0 fully saturated rings. The summed E-state index contributed by atoms with van der Waals surface area (Å²) in [5.74, 6) is -0.619. The molecule has 3 aromatic rings. The van der Waals surface area contributed by atoms with Gasteiger partial charge in [-0.15, -0.1) is 0 Å². The normalized spacial score (nSPS) is 11.7. The molecular formula is C20H17N5O3S. The van der Waals surface area contributed by atoms with Crippen LogP contribution in [0.1, 0.15) is 11.1 Å². The summed E-state index contributed by atoms with van der Waals surface area (Å²) in [6.45, 7) is 0.569. The second-order valence-electron chi connectivity index (χ2n) is 6.15. The number of carbonyl (C=O) groups is 1. The molecule has 0 saturated heterocycles. The first-order valence-corrected chi connectivity index (χ1v) is 10.0. The van der Waals surface area contributed by atoms with Crippen LogP contribution < -0.4 is 10.5 Å². The highest BCUT2D eigenvalue weighted by Gasteiger charge is 2.12. The maximum absolute atomic E-state index is 12.4. The van der Waals surface area contributed by atoms with Crippen LogP contribution in [0.4, 0.5) is 5.69 Å². The van der Waals surface area contributed by atoms with Gasteiger partial charge in [0.2, 0.25) is 10.0 Å². The van der Waals surface area contributed by atoms with Gasteiger partial charge in [0.15, 0.2) is 0 Å². The van der Waals surface area contributed by atoms with E-state index in [1.807, 2.05) is 36.4 Å². The van der Waals surface area contributed by atoms with Crippen LogP contribution >= 0.6 is 0 Å². The maximum Gasteiger partial charge on any atom is 0.266 e. The lowest BCUT2D eigenvalue weighted by Crippen LogP contribution is -2.14. The van der Waals surface area contributed by atoms with E-state index in [-0.39, 0.29) is 10.5 Å². The average Bonchev–Trinajstić information content (AvgIpc) is 3.13.